The predicted octanol–water partition coefficient (Wildman–Crippen LogP) is 3.73. The Morgan fingerprint density at radius 1 is 1.55 bits per heavy atom. The SMILES string of the molecule is CSC(C)Cn1c(SCC(=O)O)nc2cc(Br)ccc21. The van der Waals surface area contributed by atoms with E-state index >= 15 is 0 Å². The van der Waals surface area contributed by atoms with Crippen LogP contribution >= 0.6 is 39.5 Å². The van der Waals surface area contributed by atoms with Crippen molar-refractivity contribution < 1.29 is 9.90 Å². The van der Waals surface area contributed by atoms with E-state index in [-0.39, 0.29) is 5.75 Å². The number of nitrogens with zero attached hydrogens (tertiary/aromatic N) is 2. The topological polar surface area (TPSA) is 55.1 Å². The third-order valence-electron chi connectivity index (χ3n) is 2.84. The number of carboxylic acids is 1. The van der Waals surface area contributed by atoms with Crippen LogP contribution in [0.1, 0.15) is 6.92 Å². The molecule has 7 heteroatoms. The lowest BCUT2D eigenvalue weighted by atomic mass is 10.3. The van der Waals surface area contributed by atoms with Gasteiger partial charge in [-0.25, -0.2) is 4.98 Å². The fourth-order valence-corrected chi connectivity index (χ4v) is 3.22. The molecule has 1 heterocycles. The Bertz CT molecular complexity index is 630. The second kappa shape index (κ2) is 6.87. The van der Waals surface area contributed by atoms with Gasteiger partial charge in [-0.2, -0.15) is 11.8 Å². The van der Waals surface area contributed by atoms with Gasteiger partial charge in [-0.1, -0.05) is 34.6 Å². The van der Waals surface area contributed by atoms with Gasteiger partial charge in [0.2, 0.25) is 0 Å². The first-order chi connectivity index (χ1) is 9.51. The molecule has 0 radical (unpaired) electrons. The zero-order valence-electron chi connectivity index (χ0n) is 11.2. The van der Waals surface area contributed by atoms with Gasteiger partial charge in [0.25, 0.3) is 0 Å². The van der Waals surface area contributed by atoms with E-state index in [9.17, 15) is 4.79 Å². The van der Waals surface area contributed by atoms with Crippen molar-refractivity contribution >= 4 is 56.5 Å². The van der Waals surface area contributed by atoms with E-state index in [1.165, 1.54) is 11.8 Å². The summed E-state index contributed by atoms with van der Waals surface area (Å²) in [6, 6.07) is 5.96. The van der Waals surface area contributed by atoms with Crippen LogP contribution in [-0.4, -0.2) is 37.9 Å². The molecule has 0 spiro atoms. The Balaban J connectivity index is 2.41. The summed E-state index contributed by atoms with van der Waals surface area (Å²) in [6.07, 6.45) is 2.07. The smallest absolute Gasteiger partial charge is 0.313 e. The van der Waals surface area contributed by atoms with E-state index < -0.39 is 5.97 Å². The fraction of sp³-hybridized carbons (Fsp3) is 0.385. The average molecular weight is 375 g/mol. The molecule has 0 fully saturated rings. The normalized spacial score (nSPS) is 12.8. The van der Waals surface area contributed by atoms with Crippen molar-refractivity contribution in [3.8, 4) is 0 Å². The van der Waals surface area contributed by atoms with Gasteiger partial charge in [0, 0.05) is 16.3 Å². The summed E-state index contributed by atoms with van der Waals surface area (Å²) in [6.45, 7) is 2.97. The zero-order chi connectivity index (χ0) is 14.7. The molecule has 1 aromatic heterocycles. The van der Waals surface area contributed by atoms with Gasteiger partial charge in [-0.05, 0) is 24.5 Å². The first-order valence-corrected chi connectivity index (χ1v) is 9.11. The highest BCUT2D eigenvalue weighted by molar-refractivity contribution is 9.10. The highest BCUT2D eigenvalue weighted by Crippen LogP contribution is 2.27. The minimum atomic E-state index is -0.826. The summed E-state index contributed by atoms with van der Waals surface area (Å²) in [5, 5.41) is 10.1. The highest BCUT2D eigenvalue weighted by Gasteiger charge is 2.14. The molecular formula is C13H15BrN2O2S2. The molecule has 1 atom stereocenters. The number of carbonyl (C=O) groups is 1. The molecule has 108 valence electrons. The molecule has 0 saturated heterocycles. The number of fused-ring (bicyclic) bond motifs is 1. The molecule has 0 bridgehead atoms. The van der Waals surface area contributed by atoms with E-state index in [0.717, 1.165) is 27.2 Å². The number of benzene rings is 1. The van der Waals surface area contributed by atoms with Crippen LogP contribution in [0.2, 0.25) is 0 Å². The van der Waals surface area contributed by atoms with E-state index in [0.29, 0.717) is 5.25 Å². The first kappa shape index (κ1) is 15.7. The Morgan fingerprint density at radius 2 is 2.30 bits per heavy atom. The van der Waals surface area contributed by atoms with Gasteiger partial charge in [0.05, 0.1) is 16.8 Å². The first-order valence-electron chi connectivity index (χ1n) is 6.04. The minimum Gasteiger partial charge on any atom is -0.481 e. The van der Waals surface area contributed by atoms with Crippen LogP contribution < -0.4 is 0 Å². The van der Waals surface area contributed by atoms with Crippen LogP contribution in [0, 0.1) is 0 Å². The molecule has 1 unspecified atom stereocenters. The molecular weight excluding hydrogens is 360 g/mol. The largest absolute Gasteiger partial charge is 0.481 e. The number of carboxylic acid groups (broad SMARTS) is 1. The van der Waals surface area contributed by atoms with Gasteiger partial charge in [0.1, 0.15) is 0 Å². The molecule has 0 aliphatic rings. The number of aromatic nitrogens is 2. The van der Waals surface area contributed by atoms with E-state index in [2.05, 4.69) is 38.7 Å². The number of thioether (sulfide) groups is 2. The van der Waals surface area contributed by atoms with E-state index in [4.69, 9.17) is 5.11 Å². The zero-order valence-corrected chi connectivity index (χ0v) is 14.4. The van der Waals surface area contributed by atoms with Crippen molar-refractivity contribution in [3.05, 3.63) is 22.7 Å². The van der Waals surface area contributed by atoms with Gasteiger partial charge >= 0.3 is 5.97 Å². The molecule has 0 amide bonds. The summed E-state index contributed by atoms with van der Waals surface area (Å²) in [7, 11) is 0. The number of rotatable bonds is 6. The van der Waals surface area contributed by atoms with Gasteiger partial charge in [0.15, 0.2) is 5.16 Å². The Morgan fingerprint density at radius 3 is 2.95 bits per heavy atom. The summed E-state index contributed by atoms with van der Waals surface area (Å²) < 4.78 is 3.08. The lowest BCUT2D eigenvalue weighted by Crippen LogP contribution is -2.10. The summed E-state index contributed by atoms with van der Waals surface area (Å²) in [5.41, 5.74) is 1.93. The number of hydrogen-bond acceptors (Lipinski definition) is 4. The second-order valence-electron chi connectivity index (χ2n) is 4.37. The lowest BCUT2D eigenvalue weighted by Gasteiger charge is -2.12. The molecule has 0 aliphatic carbocycles. The lowest BCUT2D eigenvalue weighted by molar-refractivity contribution is -0.133. The van der Waals surface area contributed by atoms with Crippen molar-refractivity contribution in [2.24, 2.45) is 0 Å². The third-order valence-corrected chi connectivity index (χ3v) is 5.25. The maximum absolute atomic E-state index is 10.8. The third kappa shape index (κ3) is 3.71. The molecule has 0 aliphatic heterocycles. The van der Waals surface area contributed by atoms with Crippen molar-refractivity contribution in [2.45, 2.75) is 23.9 Å². The highest BCUT2D eigenvalue weighted by atomic mass is 79.9. The van der Waals surface area contributed by atoms with E-state index in [1.54, 1.807) is 11.8 Å². The van der Waals surface area contributed by atoms with Crippen LogP contribution in [0.4, 0.5) is 0 Å². The predicted molar refractivity (Wildman–Crippen MR) is 88.8 cm³/mol. The molecule has 20 heavy (non-hydrogen) atoms. The number of halogens is 1. The quantitative estimate of drug-likeness (QED) is 0.780. The Kier molecular flexibility index (Phi) is 5.40. The summed E-state index contributed by atoms with van der Waals surface area (Å²) >= 11 is 6.49. The van der Waals surface area contributed by atoms with Crippen LogP contribution in [-0.2, 0) is 11.3 Å². The van der Waals surface area contributed by atoms with Crippen LogP contribution in [0.5, 0.6) is 0 Å². The fourth-order valence-electron chi connectivity index (χ4n) is 1.83. The summed E-state index contributed by atoms with van der Waals surface area (Å²) in [4.78, 5) is 15.3. The number of aliphatic carboxylic acids is 1. The van der Waals surface area contributed by atoms with Crippen LogP contribution in [0.15, 0.2) is 27.8 Å². The number of imidazole rings is 1. The Hall–Kier alpha value is -0.660. The van der Waals surface area contributed by atoms with Gasteiger partial charge in [-0.3, -0.25) is 4.79 Å². The standard InChI is InChI=1S/C13H15BrN2O2S2/c1-8(19-2)6-16-11-4-3-9(14)5-10(11)15-13(16)20-7-12(17)18/h3-5,8H,6-7H2,1-2H3,(H,17,18). The molecule has 1 N–H and O–H groups in total. The van der Waals surface area contributed by atoms with Crippen LogP contribution in [0.3, 0.4) is 0 Å². The maximum Gasteiger partial charge on any atom is 0.313 e. The molecule has 2 rings (SSSR count). The molecule has 2 aromatic rings. The van der Waals surface area contributed by atoms with Gasteiger partial charge in [-0.15, -0.1) is 0 Å². The average Bonchev–Trinajstić information content (AvgIpc) is 2.73. The maximum atomic E-state index is 10.8. The molecule has 1 aromatic carbocycles. The van der Waals surface area contributed by atoms with Gasteiger partial charge < -0.3 is 9.67 Å². The van der Waals surface area contributed by atoms with Crippen molar-refractivity contribution in [1.82, 2.24) is 9.55 Å². The van der Waals surface area contributed by atoms with Crippen molar-refractivity contribution in [2.75, 3.05) is 12.0 Å². The van der Waals surface area contributed by atoms with Crippen molar-refractivity contribution in [3.63, 3.8) is 0 Å². The Labute approximate surface area is 134 Å². The molecule has 4 nitrogen and oxygen atoms in total. The van der Waals surface area contributed by atoms with Crippen molar-refractivity contribution in [1.29, 1.82) is 0 Å². The number of hydrogen-bond donors (Lipinski definition) is 1. The van der Waals surface area contributed by atoms with E-state index in [1.807, 2.05) is 18.2 Å². The minimum absolute atomic E-state index is 0.0259. The summed E-state index contributed by atoms with van der Waals surface area (Å²) in [5.74, 6) is -0.800. The monoisotopic (exact) mass is 374 g/mol. The van der Waals surface area contributed by atoms with Crippen LogP contribution in [0.25, 0.3) is 11.0 Å². The molecule has 0 saturated carbocycles. The second-order valence-corrected chi connectivity index (χ2v) is 7.50.